The molecule has 0 bridgehead atoms. The fraction of sp³-hybridized carbons (Fsp3) is 0.273. The zero-order valence-electron chi connectivity index (χ0n) is 15.2. The number of carbonyl (C=O) groups excluding carboxylic acids is 1. The summed E-state index contributed by atoms with van der Waals surface area (Å²) in [6, 6.07) is 16.4. The number of imidazole rings is 1. The van der Waals surface area contributed by atoms with Gasteiger partial charge in [-0.15, -0.1) is 0 Å². The molecule has 2 aromatic heterocycles. The maximum absolute atomic E-state index is 12.5. The third-order valence-corrected chi connectivity index (χ3v) is 5.59. The Hall–Kier alpha value is -3.08. The lowest BCUT2D eigenvalue weighted by Crippen LogP contribution is -2.26. The van der Waals surface area contributed by atoms with Crippen LogP contribution in [0.25, 0.3) is 21.9 Å². The summed E-state index contributed by atoms with van der Waals surface area (Å²) in [5.74, 6) is 1.87. The molecule has 27 heavy (non-hydrogen) atoms. The molecule has 0 unspecified atom stereocenters. The Morgan fingerprint density at radius 2 is 2.11 bits per heavy atom. The molecule has 1 amide bonds. The minimum Gasteiger partial charge on any atom is -0.361 e. The highest BCUT2D eigenvalue weighted by Gasteiger charge is 2.41. The van der Waals surface area contributed by atoms with Crippen molar-refractivity contribution >= 4 is 27.8 Å². The van der Waals surface area contributed by atoms with Gasteiger partial charge in [-0.25, -0.2) is 4.98 Å². The van der Waals surface area contributed by atoms with Crippen molar-refractivity contribution < 1.29 is 4.79 Å². The van der Waals surface area contributed by atoms with Crippen molar-refractivity contribution in [2.75, 3.05) is 0 Å². The molecular formula is C22H22N4O. The molecule has 2 heterocycles. The predicted octanol–water partition coefficient (Wildman–Crippen LogP) is 4.42. The van der Waals surface area contributed by atoms with E-state index in [1.54, 1.807) is 0 Å². The maximum atomic E-state index is 12.5. The molecule has 2 aromatic carbocycles. The van der Waals surface area contributed by atoms with Crippen molar-refractivity contribution in [1.82, 2.24) is 20.3 Å². The van der Waals surface area contributed by atoms with E-state index in [1.807, 2.05) is 43.5 Å². The Morgan fingerprint density at radius 3 is 3.00 bits per heavy atom. The molecule has 0 spiro atoms. The van der Waals surface area contributed by atoms with Gasteiger partial charge in [0.1, 0.15) is 5.82 Å². The van der Waals surface area contributed by atoms with Crippen molar-refractivity contribution in [1.29, 1.82) is 0 Å². The van der Waals surface area contributed by atoms with Crippen molar-refractivity contribution in [2.45, 2.75) is 31.7 Å². The number of nitrogens with zero attached hydrogens (tertiary/aromatic N) is 1. The summed E-state index contributed by atoms with van der Waals surface area (Å²) in [5.41, 5.74) is 4.27. The van der Waals surface area contributed by atoms with E-state index in [-0.39, 0.29) is 11.9 Å². The number of nitrogens with one attached hydrogen (secondary N) is 3. The predicted molar refractivity (Wildman–Crippen MR) is 106 cm³/mol. The molecule has 3 atom stereocenters. The number of fused-ring (bicyclic) bond motifs is 2. The number of aromatic amines is 2. The largest absolute Gasteiger partial charge is 0.361 e. The first-order chi connectivity index (χ1) is 13.2. The van der Waals surface area contributed by atoms with Gasteiger partial charge in [-0.05, 0) is 54.5 Å². The van der Waals surface area contributed by atoms with Gasteiger partial charge < -0.3 is 15.3 Å². The van der Waals surface area contributed by atoms with Crippen LogP contribution in [0.4, 0.5) is 0 Å². The molecule has 1 aliphatic rings. The van der Waals surface area contributed by atoms with E-state index in [1.165, 1.54) is 5.39 Å². The first-order valence-corrected chi connectivity index (χ1v) is 9.48. The van der Waals surface area contributed by atoms with Crippen molar-refractivity contribution in [3.05, 3.63) is 66.1 Å². The second-order valence-electron chi connectivity index (χ2n) is 7.56. The summed E-state index contributed by atoms with van der Waals surface area (Å²) >= 11 is 0. The molecule has 1 saturated carbocycles. The molecule has 1 fully saturated rings. The summed E-state index contributed by atoms with van der Waals surface area (Å²) in [5, 5.41) is 4.32. The van der Waals surface area contributed by atoms with Crippen LogP contribution in [-0.4, -0.2) is 20.9 Å². The molecule has 0 saturated heterocycles. The van der Waals surface area contributed by atoms with E-state index < -0.39 is 0 Å². The van der Waals surface area contributed by atoms with E-state index in [0.717, 1.165) is 34.4 Å². The molecule has 4 aromatic rings. The number of hydrogen-bond acceptors (Lipinski definition) is 2. The molecule has 136 valence electrons. The number of hydrogen-bond donors (Lipinski definition) is 3. The quantitative estimate of drug-likeness (QED) is 0.494. The Kier molecular flexibility index (Phi) is 3.74. The van der Waals surface area contributed by atoms with Crippen LogP contribution in [0.5, 0.6) is 0 Å². The fourth-order valence-electron chi connectivity index (χ4n) is 3.91. The van der Waals surface area contributed by atoms with Gasteiger partial charge in [0.05, 0.1) is 17.1 Å². The smallest absolute Gasteiger partial charge is 0.220 e. The highest BCUT2D eigenvalue weighted by molar-refractivity contribution is 5.81. The Balaban J connectivity index is 1.21. The van der Waals surface area contributed by atoms with Gasteiger partial charge in [-0.3, -0.25) is 4.79 Å². The number of benzene rings is 2. The van der Waals surface area contributed by atoms with Crippen LogP contribution < -0.4 is 5.32 Å². The SMILES string of the molecule is C[C@@H](NC(=O)C[C@@H]1C[C@@H]1c1nc2ccccc2[nH]1)c1ccc2cc[nH]c2c1. The summed E-state index contributed by atoms with van der Waals surface area (Å²) in [4.78, 5) is 23.8. The Morgan fingerprint density at radius 1 is 1.22 bits per heavy atom. The molecule has 5 nitrogen and oxygen atoms in total. The van der Waals surface area contributed by atoms with E-state index >= 15 is 0 Å². The number of aromatic nitrogens is 3. The standard InChI is InChI=1S/C22H22N4O/c1-13(15-7-6-14-8-9-23-20(14)11-15)24-21(27)12-16-10-17(16)22-25-18-4-2-3-5-19(18)26-22/h2-9,11,13,16-17,23H,10,12H2,1H3,(H,24,27)(H,25,26)/t13-,16+,17+/m1/s1. The van der Waals surface area contributed by atoms with Gasteiger partial charge in [0.2, 0.25) is 5.91 Å². The second kappa shape index (κ2) is 6.27. The minimum atomic E-state index is -0.00593. The zero-order valence-corrected chi connectivity index (χ0v) is 15.2. The first-order valence-electron chi connectivity index (χ1n) is 9.48. The van der Waals surface area contributed by atoms with Crippen molar-refractivity contribution in [2.24, 2.45) is 5.92 Å². The summed E-state index contributed by atoms with van der Waals surface area (Å²) in [7, 11) is 0. The number of carbonyl (C=O) groups is 1. The highest BCUT2D eigenvalue weighted by atomic mass is 16.1. The molecule has 1 aliphatic carbocycles. The number of amides is 1. The van der Waals surface area contributed by atoms with Crippen LogP contribution in [0.3, 0.4) is 0 Å². The van der Waals surface area contributed by atoms with E-state index in [0.29, 0.717) is 18.3 Å². The lowest BCUT2D eigenvalue weighted by atomic mass is 10.1. The zero-order chi connectivity index (χ0) is 18.4. The van der Waals surface area contributed by atoms with Gasteiger partial charge in [0.15, 0.2) is 0 Å². The van der Waals surface area contributed by atoms with E-state index in [4.69, 9.17) is 0 Å². The monoisotopic (exact) mass is 358 g/mol. The summed E-state index contributed by atoms with van der Waals surface area (Å²) in [6.45, 7) is 2.03. The summed E-state index contributed by atoms with van der Waals surface area (Å²) < 4.78 is 0. The van der Waals surface area contributed by atoms with Gasteiger partial charge in [-0.2, -0.15) is 0 Å². The molecule has 5 rings (SSSR count). The molecule has 5 heteroatoms. The lowest BCUT2D eigenvalue weighted by Gasteiger charge is -2.14. The van der Waals surface area contributed by atoms with E-state index in [9.17, 15) is 4.79 Å². The Bertz CT molecular complexity index is 1090. The van der Waals surface area contributed by atoms with Crippen LogP contribution in [0, 0.1) is 5.92 Å². The van der Waals surface area contributed by atoms with Crippen LogP contribution in [0.1, 0.15) is 43.1 Å². The highest BCUT2D eigenvalue weighted by Crippen LogP contribution is 2.48. The van der Waals surface area contributed by atoms with Gasteiger partial charge in [-0.1, -0.05) is 24.3 Å². The molecule has 3 N–H and O–H groups in total. The molecule has 0 aliphatic heterocycles. The third kappa shape index (κ3) is 3.10. The summed E-state index contributed by atoms with van der Waals surface area (Å²) in [6.07, 6.45) is 3.51. The van der Waals surface area contributed by atoms with Gasteiger partial charge >= 0.3 is 0 Å². The average Bonchev–Trinajstić information content (AvgIpc) is 3.08. The van der Waals surface area contributed by atoms with Crippen LogP contribution in [-0.2, 0) is 4.79 Å². The molecular weight excluding hydrogens is 336 g/mol. The van der Waals surface area contributed by atoms with Crippen LogP contribution in [0.15, 0.2) is 54.7 Å². The average molecular weight is 358 g/mol. The lowest BCUT2D eigenvalue weighted by molar-refractivity contribution is -0.122. The normalized spacial score (nSPS) is 20.0. The first kappa shape index (κ1) is 16.1. The van der Waals surface area contributed by atoms with Gasteiger partial charge in [0, 0.05) is 24.1 Å². The van der Waals surface area contributed by atoms with E-state index in [2.05, 4.69) is 38.5 Å². The van der Waals surface area contributed by atoms with Crippen molar-refractivity contribution in [3.8, 4) is 0 Å². The maximum Gasteiger partial charge on any atom is 0.220 e. The van der Waals surface area contributed by atoms with Gasteiger partial charge in [0.25, 0.3) is 0 Å². The fourth-order valence-corrected chi connectivity index (χ4v) is 3.91. The number of rotatable bonds is 5. The Labute approximate surface area is 157 Å². The number of H-pyrrole nitrogens is 2. The third-order valence-electron chi connectivity index (χ3n) is 5.59. The van der Waals surface area contributed by atoms with Crippen LogP contribution in [0.2, 0.25) is 0 Å². The number of para-hydroxylation sites is 2. The molecule has 0 radical (unpaired) electrons. The minimum absolute atomic E-state index is 0.00593. The second-order valence-corrected chi connectivity index (χ2v) is 7.56. The topological polar surface area (TPSA) is 73.6 Å². The van der Waals surface area contributed by atoms with Crippen LogP contribution >= 0.6 is 0 Å². The van der Waals surface area contributed by atoms with Crippen molar-refractivity contribution in [3.63, 3.8) is 0 Å².